The lowest BCUT2D eigenvalue weighted by Gasteiger charge is -2.19. The fourth-order valence-electron chi connectivity index (χ4n) is 7.10. The van der Waals surface area contributed by atoms with Crippen molar-refractivity contribution in [2.75, 3.05) is 13.2 Å². The van der Waals surface area contributed by atoms with Gasteiger partial charge in [-0.15, -0.1) is 0 Å². The van der Waals surface area contributed by atoms with Crippen LogP contribution in [0.4, 0.5) is 0 Å². The van der Waals surface area contributed by atoms with Crippen molar-refractivity contribution in [1.82, 2.24) is 5.32 Å². The predicted molar refractivity (Wildman–Crippen MR) is 241 cm³/mol. The van der Waals surface area contributed by atoms with Crippen molar-refractivity contribution in [3.63, 3.8) is 0 Å². The first-order valence-corrected chi connectivity index (χ1v) is 24.3. The highest BCUT2D eigenvalue weighted by Crippen LogP contribution is 2.15. The SMILES string of the molecule is CCCCC/C=C\CCCCCCCC(=O)OCCCCCC/C=C\CCCC(=O)NC(CO)C(O)/C=C/CCCCCCCCCCCCCCCCCC. The van der Waals surface area contributed by atoms with E-state index in [0.717, 1.165) is 70.6 Å². The van der Waals surface area contributed by atoms with E-state index in [9.17, 15) is 19.8 Å². The molecule has 6 nitrogen and oxygen atoms in total. The summed E-state index contributed by atoms with van der Waals surface area (Å²) in [6.07, 6.45) is 54.3. The molecule has 0 aliphatic rings. The molecule has 0 aromatic heterocycles. The number of hydrogen-bond acceptors (Lipinski definition) is 5. The van der Waals surface area contributed by atoms with Crippen molar-refractivity contribution >= 4 is 11.9 Å². The van der Waals surface area contributed by atoms with E-state index >= 15 is 0 Å². The number of rotatable bonds is 44. The van der Waals surface area contributed by atoms with Gasteiger partial charge in [0.05, 0.1) is 25.4 Å². The molecule has 0 fully saturated rings. The minimum absolute atomic E-state index is 0.0487. The zero-order valence-corrected chi connectivity index (χ0v) is 37.1. The summed E-state index contributed by atoms with van der Waals surface area (Å²) in [6, 6.07) is -0.666. The lowest BCUT2D eigenvalue weighted by atomic mass is 10.0. The molecule has 0 heterocycles. The summed E-state index contributed by atoms with van der Waals surface area (Å²) >= 11 is 0. The first-order valence-electron chi connectivity index (χ1n) is 24.3. The van der Waals surface area contributed by atoms with Gasteiger partial charge in [0.2, 0.25) is 5.91 Å². The van der Waals surface area contributed by atoms with Crippen LogP contribution in [0.3, 0.4) is 0 Å². The van der Waals surface area contributed by atoms with Crippen LogP contribution in [0.1, 0.15) is 245 Å². The van der Waals surface area contributed by atoms with Gasteiger partial charge in [0.1, 0.15) is 0 Å². The molecule has 0 radical (unpaired) electrons. The highest BCUT2D eigenvalue weighted by Gasteiger charge is 2.17. The lowest BCUT2D eigenvalue weighted by molar-refractivity contribution is -0.143. The summed E-state index contributed by atoms with van der Waals surface area (Å²) in [7, 11) is 0. The van der Waals surface area contributed by atoms with E-state index in [1.807, 2.05) is 6.08 Å². The smallest absolute Gasteiger partial charge is 0.305 e. The molecule has 328 valence electrons. The Morgan fingerprint density at radius 2 is 0.857 bits per heavy atom. The van der Waals surface area contributed by atoms with E-state index in [0.29, 0.717) is 19.4 Å². The van der Waals surface area contributed by atoms with Crippen LogP contribution in [0.25, 0.3) is 0 Å². The van der Waals surface area contributed by atoms with E-state index in [-0.39, 0.29) is 18.5 Å². The Morgan fingerprint density at radius 1 is 0.482 bits per heavy atom. The molecule has 0 aromatic carbocycles. The van der Waals surface area contributed by atoms with Crippen LogP contribution < -0.4 is 5.32 Å². The summed E-state index contributed by atoms with van der Waals surface area (Å²) in [4.78, 5) is 24.4. The third-order valence-electron chi connectivity index (χ3n) is 10.9. The first kappa shape index (κ1) is 54.1. The third-order valence-corrected chi connectivity index (χ3v) is 10.9. The normalized spacial score (nSPS) is 13.0. The van der Waals surface area contributed by atoms with Crippen LogP contribution >= 0.6 is 0 Å². The molecular weight excluding hydrogens is 695 g/mol. The third kappa shape index (κ3) is 41.7. The second-order valence-electron chi connectivity index (χ2n) is 16.4. The summed E-state index contributed by atoms with van der Waals surface area (Å²) in [6.45, 7) is 4.77. The first-order chi connectivity index (χ1) is 27.5. The zero-order valence-electron chi connectivity index (χ0n) is 37.1. The van der Waals surface area contributed by atoms with E-state index in [1.165, 1.54) is 148 Å². The second kappa shape index (κ2) is 45.8. The molecule has 6 heteroatoms. The van der Waals surface area contributed by atoms with E-state index in [1.54, 1.807) is 6.08 Å². The van der Waals surface area contributed by atoms with Gasteiger partial charge in [-0.25, -0.2) is 0 Å². The Kier molecular flexibility index (Phi) is 44.2. The Labute approximate surface area is 347 Å². The summed E-state index contributed by atoms with van der Waals surface area (Å²) in [5, 5.41) is 23.0. The van der Waals surface area contributed by atoms with Gasteiger partial charge in [0.15, 0.2) is 0 Å². The number of carbonyl (C=O) groups is 2. The number of allylic oxidation sites excluding steroid dienone is 5. The van der Waals surface area contributed by atoms with Gasteiger partial charge in [-0.1, -0.05) is 192 Å². The molecule has 0 aromatic rings. The number of hydrogen-bond donors (Lipinski definition) is 3. The van der Waals surface area contributed by atoms with Gasteiger partial charge in [0, 0.05) is 12.8 Å². The van der Waals surface area contributed by atoms with E-state index in [4.69, 9.17) is 4.74 Å². The molecule has 0 saturated heterocycles. The standard InChI is InChI=1S/C50H93NO5/c1-3-5-7-9-11-13-15-17-18-19-20-21-22-23-26-30-34-38-42-48(53)47(46-52)51-49(54)43-39-35-31-27-25-29-33-37-41-45-56-50(55)44-40-36-32-28-24-16-14-12-10-8-6-4-2/h12,14,27,31,38,42,47-48,52-53H,3-11,13,15-26,28-30,32-37,39-41,43-46H2,1-2H3,(H,51,54)/b14-12-,31-27-,42-38+. The highest BCUT2D eigenvalue weighted by molar-refractivity contribution is 5.76. The summed E-state index contributed by atoms with van der Waals surface area (Å²) in [5.74, 6) is -0.178. The topological polar surface area (TPSA) is 95.9 Å². The van der Waals surface area contributed by atoms with Crippen LogP contribution in [0.15, 0.2) is 36.5 Å². The molecule has 0 spiro atoms. The predicted octanol–water partition coefficient (Wildman–Crippen LogP) is 14.1. The largest absolute Gasteiger partial charge is 0.466 e. The van der Waals surface area contributed by atoms with Crippen molar-refractivity contribution in [3.8, 4) is 0 Å². The lowest BCUT2D eigenvalue weighted by Crippen LogP contribution is -2.45. The van der Waals surface area contributed by atoms with E-state index < -0.39 is 12.1 Å². The molecule has 0 aliphatic heterocycles. The summed E-state index contributed by atoms with van der Waals surface area (Å²) < 4.78 is 5.41. The molecule has 0 aliphatic carbocycles. The van der Waals surface area contributed by atoms with Crippen LogP contribution in [0.2, 0.25) is 0 Å². The number of esters is 1. The number of aliphatic hydroxyl groups excluding tert-OH is 2. The average Bonchev–Trinajstić information content (AvgIpc) is 3.20. The number of nitrogens with one attached hydrogen (secondary N) is 1. The quantitative estimate of drug-likeness (QED) is 0.0325. The van der Waals surface area contributed by atoms with Crippen molar-refractivity contribution in [2.45, 2.75) is 257 Å². The summed E-state index contributed by atoms with van der Waals surface area (Å²) in [5.41, 5.74) is 0. The van der Waals surface area contributed by atoms with Crippen molar-refractivity contribution < 1.29 is 24.5 Å². The van der Waals surface area contributed by atoms with Gasteiger partial charge < -0.3 is 20.3 Å². The molecule has 1 amide bonds. The zero-order chi connectivity index (χ0) is 40.8. The van der Waals surface area contributed by atoms with Gasteiger partial charge in [-0.2, -0.15) is 0 Å². The Balaban J connectivity index is 3.61. The molecule has 0 saturated carbocycles. The Morgan fingerprint density at radius 3 is 1.34 bits per heavy atom. The van der Waals surface area contributed by atoms with E-state index in [2.05, 4.69) is 43.5 Å². The highest BCUT2D eigenvalue weighted by atomic mass is 16.5. The molecule has 56 heavy (non-hydrogen) atoms. The minimum Gasteiger partial charge on any atom is -0.466 e. The van der Waals surface area contributed by atoms with Gasteiger partial charge in [0.25, 0.3) is 0 Å². The second-order valence-corrected chi connectivity index (χ2v) is 16.4. The number of ether oxygens (including phenoxy) is 1. The van der Waals surface area contributed by atoms with Crippen molar-refractivity contribution in [1.29, 1.82) is 0 Å². The average molecular weight is 788 g/mol. The Bertz CT molecular complexity index is 915. The minimum atomic E-state index is -0.876. The molecule has 0 bridgehead atoms. The molecular formula is C50H93NO5. The number of carbonyl (C=O) groups excluding carboxylic acids is 2. The maximum absolute atomic E-state index is 12.4. The maximum Gasteiger partial charge on any atom is 0.305 e. The number of unbranched alkanes of at least 4 members (excludes halogenated alkanes) is 29. The van der Waals surface area contributed by atoms with Crippen LogP contribution in [0.5, 0.6) is 0 Å². The Hall–Kier alpha value is -1.92. The van der Waals surface area contributed by atoms with Crippen LogP contribution in [0, 0.1) is 0 Å². The van der Waals surface area contributed by atoms with Crippen molar-refractivity contribution in [2.24, 2.45) is 0 Å². The number of amides is 1. The number of aliphatic hydroxyl groups is 2. The molecule has 2 atom stereocenters. The monoisotopic (exact) mass is 788 g/mol. The molecule has 0 rings (SSSR count). The van der Waals surface area contributed by atoms with Gasteiger partial charge >= 0.3 is 5.97 Å². The van der Waals surface area contributed by atoms with Crippen LogP contribution in [-0.2, 0) is 14.3 Å². The maximum atomic E-state index is 12.4. The van der Waals surface area contributed by atoms with Crippen LogP contribution in [-0.4, -0.2) is 47.4 Å². The van der Waals surface area contributed by atoms with Gasteiger partial charge in [-0.05, 0) is 77.0 Å². The van der Waals surface area contributed by atoms with Crippen molar-refractivity contribution in [3.05, 3.63) is 36.5 Å². The molecule has 3 N–H and O–H groups in total. The van der Waals surface area contributed by atoms with Gasteiger partial charge in [-0.3, -0.25) is 9.59 Å². The molecule has 2 unspecified atom stereocenters. The fourth-order valence-corrected chi connectivity index (χ4v) is 7.10. The fraction of sp³-hybridized carbons (Fsp3) is 0.840.